The van der Waals surface area contributed by atoms with Gasteiger partial charge in [0, 0.05) is 18.3 Å². The molecule has 0 saturated heterocycles. The molecule has 1 aromatic carbocycles. The molecule has 0 bridgehead atoms. The summed E-state index contributed by atoms with van der Waals surface area (Å²) < 4.78 is 5.99. The molecular weight excluding hydrogens is 296 g/mol. The van der Waals surface area contributed by atoms with Gasteiger partial charge in [-0.15, -0.1) is 0 Å². The van der Waals surface area contributed by atoms with Crippen molar-refractivity contribution >= 4 is 0 Å². The highest BCUT2D eigenvalue weighted by molar-refractivity contribution is 5.34. The Morgan fingerprint density at radius 1 is 1.08 bits per heavy atom. The van der Waals surface area contributed by atoms with Gasteiger partial charge in [-0.3, -0.25) is 0 Å². The Balaban J connectivity index is 1.78. The lowest BCUT2D eigenvalue weighted by Crippen LogP contribution is -2.28. The van der Waals surface area contributed by atoms with Gasteiger partial charge in [-0.2, -0.15) is 0 Å². The molecule has 3 rings (SSSR count). The van der Waals surface area contributed by atoms with Crippen molar-refractivity contribution in [3.05, 3.63) is 53.7 Å². The van der Waals surface area contributed by atoms with Crippen LogP contribution in [0.25, 0.3) is 0 Å². The number of aryl methyl sites for hydroxylation is 1. The van der Waals surface area contributed by atoms with E-state index in [-0.39, 0.29) is 0 Å². The molecule has 128 valence electrons. The standard InChI is InChI=1S/C21H28N2O/c1-16-8-6-13-21(22-16)24-19-11-7-10-17(14-19)20-12-5-4-9-18(20)15-23(2)3/h6-8,10-11,13-14,18,20H,4-5,9,12,15H2,1-3H3/t18-,20+/m0/s1. The molecule has 0 amide bonds. The van der Waals surface area contributed by atoms with Crippen LogP contribution in [0.15, 0.2) is 42.5 Å². The lowest BCUT2D eigenvalue weighted by molar-refractivity contribution is 0.233. The van der Waals surface area contributed by atoms with E-state index in [4.69, 9.17) is 4.74 Å². The molecule has 3 nitrogen and oxygen atoms in total. The van der Waals surface area contributed by atoms with Gasteiger partial charge in [-0.1, -0.05) is 31.0 Å². The Morgan fingerprint density at radius 2 is 1.88 bits per heavy atom. The third-order valence-corrected chi connectivity index (χ3v) is 4.88. The Morgan fingerprint density at radius 3 is 2.67 bits per heavy atom. The van der Waals surface area contributed by atoms with Gasteiger partial charge in [0.05, 0.1) is 0 Å². The van der Waals surface area contributed by atoms with E-state index in [0.717, 1.165) is 23.9 Å². The van der Waals surface area contributed by atoms with E-state index in [9.17, 15) is 0 Å². The van der Waals surface area contributed by atoms with Crippen molar-refractivity contribution in [2.45, 2.75) is 38.5 Å². The maximum absolute atomic E-state index is 5.99. The second-order valence-electron chi connectivity index (χ2n) is 7.21. The van der Waals surface area contributed by atoms with Gasteiger partial charge < -0.3 is 9.64 Å². The summed E-state index contributed by atoms with van der Waals surface area (Å²) in [6.07, 6.45) is 5.30. The summed E-state index contributed by atoms with van der Waals surface area (Å²) in [6.45, 7) is 3.15. The highest BCUT2D eigenvalue weighted by Crippen LogP contribution is 2.39. The van der Waals surface area contributed by atoms with Crippen molar-refractivity contribution < 1.29 is 4.74 Å². The Bertz CT molecular complexity index is 668. The minimum absolute atomic E-state index is 0.634. The molecule has 0 radical (unpaired) electrons. The van der Waals surface area contributed by atoms with Crippen LogP contribution >= 0.6 is 0 Å². The maximum atomic E-state index is 5.99. The highest BCUT2D eigenvalue weighted by atomic mass is 16.5. The first kappa shape index (κ1) is 17.0. The quantitative estimate of drug-likeness (QED) is 0.772. The van der Waals surface area contributed by atoms with Crippen molar-refractivity contribution in [1.82, 2.24) is 9.88 Å². The lowest BCUT2D eigenvalue weighted by atomic mass is 9.75. The van der Waals surface area contributed by atoms with Crippen LogP contribution in [0.1, 0.15) is 42.9 Å². The van der Waals surface area contributed by atoms with Crippen molar-refractivity contribution in [2.24, 2.45) is 5.92 Å². The second-order valence-corrected chi connectivity index (χ2v) is 7.21. The Labute approximate surface area is 145 Å². The van der Waals surface area contributed by atoms with E-state index >= 15 is 0 Å². The average Bonchev–Trinajstić information content (AvgIpc) is 2.55. The van der Waals surface area contributed by atoms with Crippen molar-refractivity contribution in [3.8, 4) is 11.6 Å². The zero-order valence-corrected chi connectivity index (χ0v) is 15.0. The molecule has 2 aromatic rings. The predicted octanol–water partition coefficient (Wildman–Crippen LogP) is 5.02. The first-order chi connectivity index (χ1) is 11.6. The number of rotatable bonds is 5. The number of ether oxygens (including phenoxy) is 1. The number of nitrogens with zero attached hydrogens (tertiary/aromatic N) is 2. The van der Waals surface area contributed by atoms with E-state index in [0.29, 0.717) is 11.8 Å². The molecule has 1 fully saturated rings. The zero-order chi connectivity index (χ0) is 16.9. The van der Waals surface area contributed by atoms with Crippen LogP contribution in [0, 0.1) is 12.8 Å². The Kier molecular flexibility index (Phi) is 5.52. The lowest BCUT2D eigenvalue weighted by Gasteiger charge is -2.34. The highest BCUT2D eigenvalue weighted by Gasteiger charge is 2.27. The molecule has 1 aromatic heterocycles. The van der Waals surface area contributed by atoms with Gasteiger partial charge in [-0.25, -0.2) is 4.98 Å². The third-order valence-electron chi connectivity index (χ3n) is 4.88. The predicted molar refractivity (Wildman–Crippen MR) is 98.7 cm³/mol. The fourth-order valence-electron chi connectivity index (χ4n) is 3.84. The molecule has 2 atom stereocenters. The summed E-state index contributed by atoms with van der Waals surface area (Å²) in [7, 11) is 4.35. The number of hydrogen-bond acceptors (Lipinski definition) is 3. The molecule has 0 aliphatic heterocycles. The summed E-state index contributed by atoms with van der Waals surface area (Å²) in [5.74, 6) is 2.93. The number of hydrogen-bond donors (Lipinski definition) is 0. The molecule has 0 N–H and O–H groups in total. The summed E-state index contributed by atoms with van der Waals surface area (Å²) >= 11 is 0. The molecule has 0 unspecified atom stereocenters. The molecule has 1 aliphatic carbocycles. The number of benzene rings is 1. The summed E-state index contributed by atoms with van der Waals surface area (Å²) in [5, 5.41) is 0. The zero-order valence-electron chi connectivity index (χ0n) is 15.0. The van der Waals surface area contributed by atoms with Crippen LogP contribution in [0.2, 0.25) is 0 Å². The van der Waals surface area contributed by atoms with Crippen LogP contribution in [-0.2, 0) is 0 Å². The van der Waals surface area contributed by atoms with Gasteiger partial charge in [-0.05, 0) is 69.5 Å². The van der Waals surface area contributed by atoms with Crippen molar-refractivity contribution in [2.75, 3.05) is 20.6 Å². The maximum Gasteiger partial charge on any atom is 0.219 e. The topological polar surface area (TPSA) is 25.4 Å². The first-order valence-electron chi connectivity index (χ1n) is 8.98. The average molecular weight is 324 g/mol. The van der Waals surface area contributed by atoms with Crippen LogP contribution < -0.4 is 4.74 Å². The number of pyridine rings is 1. The summed E-state index contributed by atoms with van der Waals surface area (Å²) in [4.78, 5) is 6.76. The van der Waals surface area contributed by atoms with Gasteiger partial charge >= 0.3 is 0 Å². The largest absolute Gasteiger partial charge is 0.439 e. The van der Waals surface area contributed by atoms with E-state index in [1.807, 2.05) is 31.2 Å². The van der Waals surface area contributed by atoms with E-state index in [1.165, 1.54) is 31.2 Å². The molecule has 0 spiro atoms. The van der Waals surface area contributed by atoms with Crippen LogP contribution in [0.3, 0.4) is 0 Å². The molecule has 1 heterocycles. The fourth-order valence-corrected chi connectivity index (χ4v) is 3.84. The van der Waals surface area contributed by atoms with E-state index in [2.05, 4.69) is 42.2 Å². The molecule has 1 saturated carbocycles. The van der Waals surface area contributed by atoms with Gasteiger partial charge in [0.1, 0.15) is 5.75 Å². The van der Waals surface area contributed by atoms with Crippen LogP contribution in [0.4, 0.5) is 0 Å². The normalized spacial score (nSPS) is 21.0. The molecule has 24 heavy (non-hydrogen) atoms. The van der Waals surface area contributed by atoms with E-state index in [1.54, 1.807) is 0 Å². The second kappa shape index (κ2) is 7.80. The Hall–Kier alpha value is -1.87. The first-order valence-corrected chi connectivity index (χ1v) is 8.98. The SMILES string of the molecule is Cc1cccc(Oc2cccc([C@H]3CCCC[C@H]3CN(C)C)c2)n1. The minimum Gasteiger partial charge on any atom is -0.439 e. The number of aromatic nitrogens is 1. The molecule has 1 aliphatic rings. The van der Waals surface area contributed by atoms with Crippen LogP contribution in [-0.4, -0.2) is 30.5 Å². The van der Waals surface area contributed by atoms with Gasteiger partial charge in [0.2, 0.25) is 5.88 Å². The molecular formula is C21H28N2O. The fraction of sp³-hybridized carbons (Fsp3) is 0.476. The smallest absolute Gasteiger partial charge is 0.219 e. The monoisotopic (exact) mass is 324 g/mol. The third kappa shape index (κ3) is 4.35. The minimum atomic E-state index is 0.634. The van der Waals surface area contributed by atoms with E-state index < -0.39 is 0 Å². The van der Waals surface area contributed by atoms with Gasteiger partial charge in [0.15, 0.2) is 0 Å². The van der Waals surface area contributed by atoms with Gasteiger partial charge in [0.25, 0.3) is 0 Å². The summed E-state index contributed by atoms with van der Waals surface area (Å²) in [5.41, 5.74) is 2.38. The molecule has 3 heteroatoms. The van der Waals surface area contributed by atoms with Crippen LogP contribution in [0.5, 0.6) is 11.6 Å². The van der Waals surface area contributed by atoms with Crippen molar-refractivity contribution in [1.29, 1.82) is 0 Å². The van der Waals surface area contributed by atoms with Crippen molar-refractivity contribution in [3.63, 3.8) is 0 Å². The summed E-state index contributed by atoms with van der Waals surface area (Å²) in [6, 6.07) is 14.5.